The van der Waals surface area contributed by atoms with E-state index in [1.807, 2.05) is 0 Å². The van der Waals surface area contributed by atoms with Crippen molar-refractivity contribution in [1.82, 2.24) is 0 Å². The normalized spacial score (nSPS) is 12.6. The summed E-state index contributed by atoms with van der Waals surface area (Å²) < 4.78 is 9.40. The monoisotopic (exact) mass is 280 g/mol. The molecule has 20 heavy (non-hydrogen) atoms. The zero-order valence-electron chi connectivity index (χ0n) is 11.9. The van der Waals surface area contributed by atoms with Gasteiger partial charge in [0.1, 0.15) is 11.6 Å². The summed E-state index contributed by atoms with van der Waals surface area (Å²) in [4.78, 5) is 23.0. The SMILES string of the molecule is CC(C)(C)OC(=O)OC(=O)[C@@H](N)Cc1ccc(N)cc1. The Labute approximate surface area is 118 Å². The molecule has 110 valence electrons. The van der Waals surface area contributed by atoms with Crippen LogP contribution in [0, 0.1) is 0 Å². The molecule has 0 spiro atoms. The number of nitrogens with two attached hydrogens (primary N) is 2. The first kappa shape index (κ1) is 16.0. The lowest BCUT2D eigenvalue weighted by Gasteiger charge is -2.19. The van der Waals surface area contributed by atoms with Gasteiger partial charge in [-0.15, -0.1) is 0 Å². The van der Waals surface area contributed by atoms with Crippen molar-refractivity contribution >= 4 is 17.8 Å². The molecule has 0 aliphatic rings. The number of carbonyl (C=O) groups is 2. The number of carbonyl (C=O) groups excluding carboxylic acids is 2. The lowest BCUT2D eigenvalue weighted by Crippen LogP contribution is -2.37. The van der Waals surface area contributed by atoms with Gasteiger partial charge in [0.25, 0.3) is 0 Å². The fourth-order valence-corrected chi connectivity index (χ4v) is 1.42. The molecule has 0 saturated carbocycles. The van der Waals surface area contributed by atoms with E-state index in [4.69, 9.17) is 16.2 Å². The van der Waals surface area contributed by atoms with E-state index in [2.05, 4.69) is 4.74 Å². The molecule has 6 nitrogen and oxygen atoms in total. The van der Waals surface area contributed by atoms with Crippen molar-refractivity contribution in [2.24, 2.45) is 5.73 Å². The molecular formula is C14H20N2O4. The van der Waals surface area contributed by atoms with E-state index in [1.54, 1.807) is 45.0 Å². The summed E-state index contributed by atoms with van der Waals surface area (Å²) in [5, 5.41) is 0. The number of anilines is 1. The highest BCUT2D eigenvalue weighted by Crippen LogP contribution is 2.10. The molecule has 0 aliphatic carbocycles. The Hall–Kier alpha value is -2.08. The fraction of sp³-hybridized carbons (Fsp3) is 0.429. The van der Waals surface area contributed by atoms with Crippen molar-refractivity contribution < 1.29 is 19.1 Å². The molecule has 0 radical (unpaired) electrons. The maximum Gasteiger partial charge on any atom is 0.516 e. The van der Waals surface area contributed by atoms with E-state index in [0.29, 0.717) is 5.69 Å². The van der Waals surface area contributed by atoms with Gasteiger partial charge in [0.2, 0.25) is 0 Å². The Balaban J connectivity index is 2.51. The van der Waals surface area contributed by atoms with Crippen molar-refractivity contribution in [3.05, 3.63) is 29.8 Å². The smallest absolute Gasteiger partial charge is 0.428 e. The Bertz CT molecular complexity index is 477. The Morgan fingerprint density at radius 2 is 1.75 bits per heavy atom. The average Bonchev–Trinajstić information content (AvgIpc) is 2.29. The molecule has 0 unspecified atom stereocenters. The molecule has 4 N–H and O–H groups in total. The van der Waals surface area contributed by atoms with Gasteiger partial charge in [-0.3, -0.25) is 0 Å². The minimum atomic E-state index is -1.05. The maximum absolute atomic E-state index is 11.6. The van der Waals surface area contributed by atoms with E-state index < -0.39 is 23.8 Å². The molecule has 1 aromatic rings. The summed E-state index contributed by atoms with van der Waals surface area (Å²) in [5.74, 6) is -0.823. The topological polar surface area (TPSA) is 105 Å². The second kappa shape index (κ2) is 6.38. The third kappa shape index (κ3) is 5.71. The Kier molecular flexibility index (Phi) is 5.10. The lowest BCUT2D eigenvalue weighted by atomic mass is 10.1. The molecule has 1 aromatic carbocycles. The molecule has 0 amide bonds. The minimum absolute atomic E-state index is 0.252. The Morgan fingerprint density at radius 1 is 1.20 bits per heavy atom. The van der Waals surface area contributed by atoms with E-state index >= 15 is 0 Å². The zero-order valence-corrected chi connectivity index (χ0v) is 11.9. The second-order valence-corrected chi connectivity index (χ2v) is 5.44. The largest absolute Gasteiger partial charge is 0.516 e. The van der Waals surface area contributed by atoms with Crippen molar-refractivity contribution in [3.63, 3.8) is 0 Å². The predicted octanol–water partition coefficient (Wildman–Crippen LogP) is 1.62. The van der Waals surface area contributed by atoms with Crippen molar-refractivity contribution in [2.45, 2.75) is 38.8 Å². The summed E-state index contributed by atoms with van der Waals surface area (Å²) >= 11 is 0. The van der Waals surface area contributed by atoms with Crippen LogP contribution in [0.4, 0.5) is 10.5 Å². The summed E-state index contributed by atoms with van der Waals surface area (Å²) in [6.07, 6.45) is -0.794. The van der Waals surface area contributed by atoms with Crippen molar-refractivity contribution in [1.29, 1.82) is 0 Å². The highest BCUT2D eigenvalue weighted by atomic mass is 16.7. The summed E-state index contributed by atoms with van der Waals surface area (Å²) in [5.41, 5.74) is 12.0. The summed E-state index contributed by atoms with van der Waals surface area (Å²) in [7, 11) is 0. The number of rotatable bonds is 3. The van der Waals surface area contributed by atoms with Crippen LogP contribution < -0.4 is 11.5 Å². The van der Waals surface area contributed by atoms with Crippen LogP contribution in [0.5, 0.6) is 0 Å². The third-order valence-corrected chi connectivity index (χ3v) is 2.31. The molecule has 0 saturated heterocycles. The quantitative estimate of drug-likeness (QED) is 0.495. The minimum Gasteiger partial charge on any atom is -0.428 e. The maximum atomic E-state index is 11.6. The van der Waals surface area contributed by atoms with Gasteiger partial charge in [0.05, 0.1) is 0 Å². The molecule has 6 heteroatoms. The van der Waals surface area contributed by atoms with Gasteiger partial charge >= 0.3 is 12.1 Å². The number of ether oxygens (including phenoxy) is 2. The molecule has 0 heterocycles. The average molecular weight is 280 g/mol. The van der Waals surface area contributed by atoms with Crippen molar-refractivity contribution in [2.75, 3.05) is 5.73 Å². The van der Waals surface area contributed by atoms with Gasteiger partial charge in [-0.25, -0.2) is 9.59 Å². The van der Waals surface area contributed by atoms with Crippen LogP contribution in [0.1, 0.15) is 26.3 Å². The van der Waals surface area contributed by atoms with Crippen LogP contribution in [-0.2, 0) is 20.7 Å². The highest BCUT2D eigenvalue weighted by molar-refractivity contribution is 5.85. The van der Waals surface area contributed by atoms with Crippen LogP contribution in [0.2, 0.25) is 0 Å². The second-order valence-electron chi connectivity index (χ2n) is 5.44. The molecule has 0 aromatic heterocycles. The highest BCUT2D eigenvalue weighted by Gasteiger charge is 2.23. The van der Waals surface area contributed by atoms with Gasteiger partial charge < -0.3 is 20.9 Å². The van der Waals surface area contributed by atoms with Gasteiger partial charge in [0.15, 0.2) is 0 Å². The molecule has 0 aliphatic heterocycles. The van der Waals surface area contributed by atoms with Crippen LogP contribution in [0.25, 0.3) is 0 Å². The molecule has 1 rings (SSSR count). The first-order chi connectivity index (χ1) is 9.17. The molecule has 0 fully saturated rings. The number of esters is 1. The number of benzene rings is 1. The van der Waals surface area contributed by atoms with Crippen LogP contribution in [0.3, 0.4) is 0 Å². The number of hydrogen-bond donors (Lipinski definition) is 2. The molecule has 0 bridgehead atoms. The molecule has 1 atom stereocenters. The standard InChI is InChI=1S/C14H20N2O4/c1-14(2,3)20-13(18)19-12(17)11(16)8-9-4-6-10(15)7-5-9/h4-7,11H,8,15-16H2,1-3H3/t11-/m0/s1. The van der Waals surface area contributed by atoms with Crippen molar-refractivity contribution in [3.8, 4) is 0 Å². The van der Waals surface area contributed by atoms with Crippen LogP contribution in [-0.4, -0.2) is 23.8 Å². The van der Waals surface area contributed by atoms with Gasteiger partial charge in [-0.05, 0) is 44.9 Å². The number of nitrogen functional groups attached to an aromatic ring is 1. The first-order valence-corrected chi connectivity index (χ1v) is 6.22. The van der Waals surface area contributed by atoms with Crippen LogP contribution in [0.15, 0.2) is 24.3 Å². The predicted molar refractivity (Wildman–Crippen MR) is 74.9 cm³/mol. The van der Waals surface area contributed by atoms with Gasteiger partial charge in [-0.1, -0.05) is 12.1 Å². The summed E-state index contributed by atoms with van der Waals surface area (Å²) in [6.45, 7) is 5.02. The fourth-order valence-electron chi connectivity index (χ4n) is 1.42. The van der Waals surface area contributed by atoms with Gasteiger partial charge in [0, 0.05) is 5.69 Å². The van der Waals surface area contributed by atoms with Gasteiger partial charge in [-0.2, -0.15) is 0 Å². The molecular weight excluding hydrogens is 260 g/mol. The summed E-state index contributed by atoms with van der Waals surface area (Å²) in [6, 6.07) is 6.00. The zero-order chi connectivity index (χ0) is 15.3. The van der Waals surface area contributed by atoms with E-state index in [1.165, 1.54) is 0 Å². The van der Waals surface area contributed by atoms with E-state index in [9.17, 15) is 9.59 Å². The van der Waals surface area contributed by atoms with E-state index in [0.717, 1.165) is 5.56 Å². The Morgan fingerprint density at radius 3 is 2.25 bits per heavy atom. The first-order valence-electron chi connectivity index (χ1n) is 6.22. The number of hydrogen-bond acceptors (Lipinski definition) is 6. The lowest BCUT2D eigenvalue weighted by molar-refractivity contribution is -0.142. The van der Waals surface area contributed by atoms with Crippen LogP contribution >= 0.6 is 0 Å². The van der Waals surface area contributed by atoms with E-state index in [-0.39, 0.29) is 6.42 Å². The third-order valence-electron chi connectivity index (χ3n) is 2.31.